The molecule has 0 unspecified atom stereocenters. The maximum absolute atomic E-state index is 9.67. The molecule has 0 N–H and O–H groups in total. The summed E-state index contributed by atoms with van der Waals surface area (Å²) in [5, 5.41) is 0. The van der Waals surface area contributed by atoms with Gasteiger partial charge in [-0.15, -0.1) is 0 Å². The van der Waals surface area contributed by atoms with Gasteiger partial charge in [0.2, 0.25) is 0 Å². The standard InChI is InChI=1S/C9H17N2.BF3.FH/c1-4-5-6-11-8-7-10(3)9(11)2;2-1(3)4;/h7-8H,4-6H2,1-3H3;;1H/q+1;;/p-1. The van der Waals surface area contributed by atoms with E-state index >= 15 is 0 Å². The van der Waals surface area contributed by atoms with E-state index in [1.807, 2.05) is 0 Å². The largest absolute Gasteiger partial charge is 1.00 e. The first-order valence-electron chi connectivity index (χ1n) is 4.92. The van der Waals surface area contributed by atoms with Gasteiger partial charge in [0.15, 0.2) is 0 Å². The Morgan fingerprint density at radius 1 is 1.38 bits per heavy atom. The molecule has 1 rings (SSSR count). The van der Waals surface area contributed by atoms with Gasteiger partial charge in [0.1, 0.15) is 12.4 Å². The van der Waals surface area contributed by atoms with Crippen LogP contribution in [0.3, 0.4) is 0 Å². The van der Waals surface area contributed by atoms with Crippen molar-refractivity contribution in [3.05, 3.63) is 18.2 Å². The molecule has 2 nitrogen and oxygen atoms in total. The molecule has 1 aromatic rings. The summed E-state index contributed by atoms with van der Waals surface area (Å²) in [6.45, 7) is 5.53. The van der Waals surface area contributed by atoms with Gasteiger partial charge in [-0.05, 0) is 6.42 Å². The molecule has 1 aromatic heterocycles. The molecule has 16 heavy (non-hydrogen) atoms. The molecule has 0 amide bonds. The van der Waals surface area contributed by atoms with Crippen molar-refractivity contribution in [3.63, 3.8) is 0 Å². The van der Waals surface area contributed by atoms with Crippen molar-refractivity contribution >= 4 is 7.54 Å². The fourth-order valence-corrected chi connectivity index (χ4v) is 1.16. The predicted octanol–water partition coefficient (Wildman–Crippen LogP) is -0.695. The van der Waals surface area contributed by atoms with Gasteiger partial charge in [0, 0.05) is 6.92 Å². The first kappa shape index (κ1) is 17.4. The first-order chi connectivity index (χ1) is 6.99. The number of halogens is 4. The number of imidazole rings is 1. The average molecular weight is 240 g/mol. The third-order valence-electron chi connectivity index (χ3n) is 2.15. The number of rotatable bonds is 3. The summed E-state index contributed by atoms with van der Waals surface area (Å²) in [5.74, 6) is 1.33. The SMILES string of the molecule is CCCCn1cc[n+](C)c1C.FB(F)F.[F-]. The van der Waals surface area contributed by atoms with E-state index in [0.29, 0.717) is 0 Å². The Labute approximate surface area is 93.7 Å². The molecule has 0 fully saturated rings. The lowest BCUT2D eigenvalue weighted by Crippen LogP contribution is -3.00. The van der Waals surface area contributed by atoms with Crippen LogP contribution >= 0.6 is 0 Å². The number of unbranched alkanes of at least 4 members (excludes halogenated alkanes) is 1. The van der Waals surface area contributed by atoms with Crippen LogP contribution in [0.25, 0.3) is 0 Å². The van der Waals surface area contributed by atoms with Crippen LogP contribution < -0.4 is 9.27 Å². The van der Waals surface area contributed by atoms with Crippen molar-refractivity contribution < 1.29 is 22.2 Å². The van der Waals surface area contributed by atoms with Crippen LogP contribution in [0.15, 0.2) is 12.4 Å². The van der Waals surface area contributed by atoms with Crippen LogP contribution in [0.4, 0.5) is 12.9 Å². The highest BCUT2D eigenvalue weighted by Crippen LogP contribution is 1.96. The van der Waals surface area contributed by atoms with Crippen LogP contribution in [0.2, 0.25) is 0 Å². The second-order valence-electron chi connectivity index (χ2n) is 3.25. The monoisotopic (exact) mass is 240 g/mol. The Hall–Kier alpha value is -1.01. The number of hydrogen-bond donors (Lipinski definition) is 0. The summed E-state index contributed by atoms with van der Waals surface area (Å²) in [4.78, 5) is 0. The summed E-state index contributed by atoms with van der Waals surface area (Å²) in [7, 11) is -1.59. The molecule has 0 saturated heterocycles. The number of hydrogen-bond acceptors (Lipinski definition) is 0. The zero-order valence-corrected chi connectivity index (χ0v) is 9.76. The number of aryl methyl sites for hydroxylation is 2. The number of aromatic nitrogens is 2. The topological polar surface area (TPSA) is 8.81 Å². The van der Waals surface area contributed by atoms with Crippen molar-refractivity contribution in [3.8, 4) is 0 Å². The van der Waals surface area contributed by atoms with Gasteiger partial charge in [0.05, 0.1) is 13.6 Å². The second-order valence-corrected chi connectivity index (χ2v) is 3.25. The molecular formula is C9H17BF4N2. The Morgan fingerprint density at radius 3 is 2.19 bits per heavy atom. The summed E-state index contributed by atoms with van der Waals surface area (Å²) in [6, 6.07) is 0. The number of nitrogens with zero attached hydrogens (tertiary/aromatic N) is 2. The summed E-state index contributed by atoms with van der Waals surface area (Å²) in [5.41, 5.74) is 0. The van der Waals surface area contributed by atoms with Crippen molar-refractivity contribution in [2.45, 2.75) is 33.2 Å². The minimum Gasteiger partial charge on any atom is -1.00 e. The fraction of sp³-hybridized carbons (Fsp3) is 0.667. The van der Waals surface area contributed by atoms with Gasteiger partial charge in [-0.1, -0.05) is 13.3 Å². The minimum absolute atomic E-state index is 0. The Morgan fingerprint density at radius 2 is 1.88 bits per heavy atom. The molecule has 0 aliphatic carbocycles. The van der Waals surface area contributed by atoms with Gasteiger partial charge < -0.3 is 4.70 Å². The van der Waals surface area contributed by atoms with Crippen LogP contribution in [-0.2, 0) is 13.6 Å². The van der Waals surface area contributed by atoms with E-state index in [2.05, 4.69) is 42.4 Å². The average Bonchev–Trinajstić information content (AvgIpc) is 2.44. The Kier molecular flexibility index (Phi) is 10.0. The van der Waals surface area contributed by atoms with E-state index in [1.54, 1.807) is 0 Å². The highest BCUT2D eigenvalue weighted by molar-refractivity contribution is 6.33. The molecule has 0 atom stereocenters. The summed E-state index contributed by atoms with van der Waals surface area (Å²) < 4.78 is 33.4. The van der Waals surface area contributed by atoms with E-state index in [-0.39, 0.29) is 4.70 Å². The summed E-state index contributed by atoms with van der Waals surface area (Å²) in [6.07, 6.45) is 6.78. The van der Waals surface area contributed by atoms with Crippen LogP contribution in [0, 0.1) is 6.92 Å². The third-order valence-corrected chi connectivity index (χ3v) is 2.15. The molecule has 0 aromatic carbocycles. The fourth-order valence-electron chi connectivity index (χ4n) is 1.16. The zero-order chi connectivity index (χ0) is 11.8. The minimum atomic E-state index is -3.67. The molecule has 0 radical (unpaired) electrons. The van der Waals surface area contributed by atoms with Gasteiger partial charge >= 0.3 is 7.54 Å². The molecule has 7 heteroatoms. The van der Waals surface area contributed by atoms with Gasteiger partial charge in [0.25, 0.3) is 5.82 Å². The highest BCUT2D eigenvalue weighted by Gasteiger charge is 2.06. The van der Waals surface area contributed by atoms with E-state index in [4.69, 9.17) is 0 Å². The molecule has 0 bridgehead atoms. The molecular weight excluding hydrogens is 223 g/mol. The van der Waals surface area contributed by atoms with Crippen LogP contribution in [0.5, 0.6) is 0 Å². The smallest absolute Gasteiger partial charge is 0.762 e. The summed E-state index contributed by atoms with van der Waals surface area (Å²) >= 11 is 0. The quantitative estimate of drug-likeness (QED) is 0.375. The molecule has 0 saturated carbocycles. The lowest BCUT2D eigenvalue weighted by Gasteiger charge is -1.95. The second kappa shape index (κ2) is 9.24. The predicted molar refractivity (Wildman–Crippen MR) is 54.3 cm³/mol. The van der Waals surface area contributed by atoms with Crippen LogP contribution in [0.1, 0.15) is 25.6 Å². The van der Waals surface area contributed by atoms with Gasteiger partial charge in [-0.25, -0.2) is 9.13 Å². The van der Waals surface area contributed by atoms with Crippen molar-refractivity contribution in [1.82, 2.24) is 4.57 Å². The van der Waals surface area contributed by atoms with Crippen LogP contribution in [-0.4, -0.2) is 12.1 Å². The lowest BCUT2D eigenvalue weighted by molar-refractivity contribution is -0.677. The van der Waals surface area contributed by atoms with E-state index in [1.165, 1.54) is 18.7 Å². The van der Waals surface area contributed by atoms with Crippen molar-refractivity contribution in [1.29, 1.82) is 0 Å². The first-order valence-corrected chi connectivity index (χ1v) is 4.92. The zero-order valence-electron chi connectivity index (χ0n) is 9.76. The maximum Gasteiger partial charge on any atom is 0.762 e. The molecule has 94 valence electrons. The van der Waals surface area contributed by atoms with Gasteiger partial charge in [-0.3, -0.25) is 12.9 Å². The third kappa shape index (κ3) is 7.31. The molecule has 1 heterocycles. The Balaban J connectivity index is 0. The lowest BCUT2D eigenvalue weighted by atomic mass is 10.3. The van der Waals surface area contributed by atoms with E-state index < -0.39 is 7.54 Å². The van der Waals surface area contributed by atoms with Gasteiger partial charge in [-0.2, -0.15) is 0 Å². The van der Waals surface area contributed by atoms with E-state index in [9.17, 15) is 12.9 Å². The van der Waals surface area contributed by atoms with Crippen molar-refractivity contribution in [2.24, 2.45) is 7.05 Å². The van der Waals surface area contributed by atoms with E-state index in [0.717, 1.165) is 6.54 Å². The maximum atomic E-state index is 9.67. The normalized spacial score (nSPS) is 8.88. The molecule has 0 aliphatic rings. The van der Waals surface area contributed by atoms with Crippen molar-refractivity contribution in [2.75, 3.05) is 0 Å². The highest BCUT2D eigenvalue weighted by atomic mass is 19.4. The molecule has 0 spiro atoms. The Bertz CT molecular complexity index is 276. The molecule has 0 aliphatic heterocycles.